The van der Waals surface area contributed by atoms with Crippen LogP contribution in [0, 0.1) is 0 Å². The van der Waals surface area contributed by atoms with E-state index in [4.69, 9.17) is 4.52 Å². The molecule has 1 aliphatic carbocycles. The number of hydrogen-bond acceptors (Lipinski definition) is 6. The fraction of sp³-hybridized carbons (Fsp3) is 0.312. The van der Waals surface area contributed by atoms with Gasteiger partial charge in [0.2, 0.25) is 5.69 Å². The van der Waals surface area contributed by atoms with Gasteiger partial charge >= 0.3 is 12.1 Å². The van der Waals surface area contributed by atoms with E-state index in [2.05, 4.69) is 5.16 Å². The van der Waals surface area contributed by atoms with Crippen LogP contribution in [0.25, 0.3) is 0 Å². The first-order chi connectivity index (χ1) is 12.6. The Labute approximate surface area is 151 Å². The summed E-state index contributed by atoms with van der Waals surface area (Å²) in [5.41, 5.74) is -2.83. The molecular weight excluding hydrogens is 391 g/mol. The molecular formula is C16H12F3NO6S. The predicted molar refractivity (Wildman–Crippen MR) is 84.3 cm³/mol. The third-order valence-corrected chi connectivity index (χ3v) is 4.67. The Morgan fingerprint density at radius 3 is 2.44 bits per heavy atom. The summed E-state index contributed by atoms with van der Waals surface area (Å²) in [4.78, 5) is 24.2. The molecule has 3 rings (SSSR count). The monoisotopic (exact) mass is 403 g/mol. The number of alkyl halides is 3. The zero-order valence-electron chi connectivity index (χ0n) is 13.4. The van der Waals surface area contributed by atoms with Crippen molar-refractivity contribution in [2.45, 2.75) is 30.7 Å². The number of aromatic carboxylic acids is 1. The van der Waals surface area contributed by atoms with Crippen LogP contribution in [0.5, 0.6) is 0 Å². The maximum absolute atomic E-state index is 12.9. The molecule has 0 unspecified atom stereocenters. The zero-order valence-corrected chi connectivity index (χ0v) is 14.3. The van der Waals surface area contributed by atoms with E-state index in [1.807, 2.05) is 0 Å². The van der Waals surface area contributed by atoms with Crippen LogP contribution in [0.2, 0.25) is 0 Å². The van der Waals surface area contributed by atoms with Crippen molar-refractivity contribution in [1.29, 1.82) is 0 Å². The molecule has 1 heterocycles. The quantitative estimate of drug-likeness (QED) is 0.563. The number of aromatic nitrogens is 1. The summed E-state index contributed by atoms with van der Waals surface area (Å²) in [7, 11) is -3.13. The molecule has 0 bridgehead atoms. The Kier molecular flexibility index (Phi) is 4.81. The summed E-state index contributed by atoms with van der Waals surface area (Å²) < 4.78 is 65.9. The number of hydrogen-bond donors (Lipinski definition) is 2. The SMILES string of the molecule is O=C(O)c1noc(C2CC2)c1C(=O)c1ccc(C(F)(F)F)cc1C[SH](=O)=O. The first kappa shape index (κ1) is 19.1. The second kappa shape index (κ2) is 6.80. The van der Waals surface area contributed by atoms with Gasteiger partial charge in [0.15, 0.2) is 11.5 Å². The Bertz CT molecular complexity index is 996. The minimum absolute atomic E-state index is 0.0507. The van der Waals surface area contributed by atoms with Crippen LogP contribution < -0.4 is 0 Å². The molecule has 1 N–H and O–H groups in total. The third-order valence-electron chi connectivity index (χ3n) is 4.07. The molecule has 0 atom stereocenters. The van der Waals surface area contributed by atoms with Crippen molar-refractivity contribution < 1.29 is 40.8 Å². The van der Waals surface area contributed by atoms with Crippen molar-refractivity contribution >= 4 is 22.5 Å². The van der Waals surface area contributed by atoms with Gasteiger partial charge in [-0.2, -0.15) is 13.2 Å². The molecule has 0 aliphatic heterocycles. The number of rotatable bonds is 6. The number of benzene rings is 1. The molecule has 0 radical (unpaired) electrons. The number of halogens is 3. The van der Waals surface area contributed by atoms with Crippen LogP contribution in [0.4, 0.5) is 13.2 Å². The molecule has 0 spiro atoms. The van der Waals surface area contributed by atoms with Crippen LogP contribution in [0.3, 0.4) is 0 Å². The van der Waals surface area contributed by atoms with E-state index in [1.165, 1.54) is 0 Å². The van der Waals surface area contributed by atoms with Gasteiger partial charge in [0, 0.05) is 11.5 Å². The molecule has 1 aromatic heterocycles. The third kappa shape index (κ3) is 3.87. The molecule has 144 valence electrons. The fourth-order valence-electron chi connectivity index (χ4n) is 2.69. The van der Waals surface area contributed by atoms with E-state index in [9.17, 15) is 36.3 Å². The lowest BCUT2D eigenvalue weighted by atomic mass is 9.95. The molecule has 27 heavy (non-hydrogen) atoms. The summed E-state index contributed by atoms with van der Waals surface area (Å²) in [5, 5.41) is 12.6. The van der Waals surface area contributed by atoms with Gasteiger partial charge < -0.3 is 9.63 Å². The highest BCUT2D eigenvalue weighted by Gasteiger charge is 2.38. The molecule has 2 aromatic rings. The van der Waals surface area contributed by atoms with Crippen molar-refractivity contribution in [3.05, 3.63) is 51.9 Å². The lowest BCUT2D eigenvalue weighted by molar-refractivity contribution is -0.137. The van der Waals surface area contributed by atoms with E-state index in [0.29, 0.717) is 25.0 Å². The summed E-state index contributed by atoms with van der Waals surface area (Å²) in [6, 6.07) is 2.05. The minimum Gasteiger partial charge on any atom is -0.476 e. The number of ketones is 1. The number of carbonyl (C=O) groups excluding carboxylic acids is 1. The summed E-state index contributed by atoms with van der Waals surface area (Å²) in [5.74, 6) is -3.41. The normalized spacial score (nSPS) is 14.5. The Hall–Kier alpha value is -2.69. The number of carbonyl (C=O) groups is 2. The van der Waals surface area contributed by atoms with Gasteiger partial charge in [-0.25, -0.2) is 13.2 Å². The van der Waals surface area contributed by atoms with Crippen LogP contribution in [0.1, 0.15) is 62.1 Å². The molecule has 0 amide bonds. The molecule has 1 aliphatic rings. The predicted octanol–water partition coefficient (Wildman–Crippen LogP) is 2.61. The second-order valence-corrected chi connectivity index (χ2v) is 7.02. The van der Waals surface area contributed by atoms with E-state index in [1.54, 1.807) is 0 Å². The lowest BCUT2D eigenvalue weighted by Gasteiger charge is -2.12. The van der Waals surface area contributed by atoms with Crippen LogP contribution in [-0.2, 0) is 22.6 Å². The largest absolute Gasteiger partial charge is 0.476 e. The Balaban J connectivity index is 2.15. The summed E-state index contributed by atoms with van der Waals surface area (Å²) in [6.45, 7) is 0. The minimum atomic E-state index is -4.73. The number of thiol groups is 1. The highest BCUT2D eigenvalue weighted by atomic mass is 32.2. The van der Waals surface area contributed by atoms with Gasteiger partial charge in [-0.15, -0.1) is 0 Å². The van der Waals surface area contributed by atoms with Gasteiger partial charge in [-0.3, -0.25) is 4.79 Å². The Morgan fingerprint density at radius 1 is 1.26 bits per heavy atom. The van der Waals surface area contributed by atoms with Crippen LogP contribution in [-0.4, -0.2) is 30.4 Å². The average molecular weight is 403 g/mol. The van der Waals surface area contributed by atoms with Crippen molar-refractivity contribution in [3.63, 3.8) is 0 Å². The van der Waals surface area contributed by atoms with E-state index in [0.717, 1.165) is 6.07 Å². The summed E-state index contributed by atoms with van der Waals surface area (Å²) >= 11 is 0. The van der Waals surface area contributed by atoms with E-state index in [-0.39, 0.29) is 28.4 Å². The maximum Gasteiger partial charge on any atom is 0.416 e. The Morgan fingerprint density at radius 2 is 1.93 bits per heavy atom. The average Bonchev–Trinajstić information content (AvgIpc) is 3.30. The van der Waals surface area contributed by atoms with Crippen molar-refractivity contribution in [2.24, 2.45) is 0 Å². The standard InChI is InChI=1S/C16H12F3NO6S/c17-16(18,19)9-3-4-10(8(5-9)6-27(24)25)13(21)11-12(15(22)23)20-26-14(11)7-1-2-7/h3-5,7,27H,1-2,6H2,(H,22,23). The van der Waals surface area contributed by atoms with Gasteiger partial charge in [0.25, 0.3) is 0 Å². The van der Waals surface area contributed by atoms with Gasteiger partial charge in [-0.1, -0.05) is 11.2 Å². The molecule has 7 nitrogen and oxygen atoms in total. The molecule has 1 aromatic carbocycles. The molecule has 1 saturated carbocycles. The van der Waals surface area contributed by atoms with Crippen molar-refractivity contribution in [2.75, 3.05) is 0 Å². The summed E-state index contributed by atoms with van der Waals surface area (Å²) in [6.07, 6.45) is -3.42. The number of carboxylic acids is 1. The highest BCUT2D eigenvalue weighted by Crippen LogP contribution is 2.43. The smallest absolute Gasteiger partial charge is 0.416 e. The maximum atomic E-state index is 12.9. The first-order valence-corrected chi connectivity index (χ1v) is 9.05. The van der Waals surface area contributed by atoms with Gasteiger partial charge in [0.05, 0.1) is 11.3 Å². The van der Waals surface area contributed by atoms with Gasteiger partial charge in [-0.05, 0) is 30.5 Å². The highest BCUT2D eigenvalue weighted by molar-refractivity contribution is 7.71. The zero-order chi connectivity index (χ0) is 19.9. The molecule has 1 fully saturated rings. The van der Waals surface area contributed by atoms with Crippen molar-refractivity contribution in [1.82, 2.24) is 5.16 Å². The number of nitrogens with zero attached hydrogens (tertiary/aromatic N) is 1. The topological polar surface area (TPSA) is 115 Å². The number of carboxylic acid groups (broad SMARTS) is 1. The fourth-order valence-corrected chi connectivity index (χ4v) is 3.23. The first-order valence-electron chi connectivity index (χ1n) is 7.69. The van der Waals surface area contributed by atoms with Gasteiger partial charge in [0.1, 0.15) is 16.3 Å². The second-order valence-electron chi connectivity index (χ2n) is 6.04. The van der Waals surface area contributed by atoms with Crippen molar-refractivity contribution in [3.8, 4) is 0 Å². The molecule has 0 saturated heterocycles. The molecule has 11 heteroatoms. The van der Waals surface area contributed by atoms with Crippen LogP contribution in [0.15, 0.2) is 22.7 Å². The van der Waals surface area contributed by atoms with E-state index < -0.39 is 45.6 Å². The van der Waals surface area contributed by atoms with Crippen LogP contribution >= 0.6 is 0 Å². The lowest BCUT2D eigenvalue weighted by Crippen LogP contribution is -2.14. The van der Waals surface area contributed by atoms with E-state index >= 15 is 0 Å².